The molecule has 0 aliphatic rings. The number of aryl methyl sites for hydroxylation is 2. The minimum Gasteiger partial charge on any atom is -0.506 e. The molecule has 0 saturated carbocycles. The standard InChI is InChI=1S/C9H13NO/c1-3-7-5-8(4-2)10-6-9(7)11/h5-6,11H,3-4H2,1-2H3. The molecule has 1 heterocycles. The normalized spacial score (nSPS) is 10.0. The second-order valence-corrected chi connectivity index (χ2v) is 2.51. The average Bonchev–Trinajstić information content (AvgIpc) is 2.05. The van der Waals surface area contributed by atoms with Gasteiger partial charge in [0.1, 0.15) is 5.75 Å². The van der Waals surface area contributed by atoms with Crippen molar-refractivity contribution < 1.29 is 5.11 Å². The Kier molecular flexibility index (Phi) is 2.47. The first kappa shape index (κ1) is 8.05. The summed E-state index contributed by atoms with van der Waals surface area (Å²) in [5.41, 5.74) is 2.02. The molecule has 0 amide bonds. The molecule has 60 valence electrons. The number of hydrogen-bond acceptors (Lipinski definition) is 2. The van der Waals surface area contributed by atoms with Gasteiger partial charge in [0.15, 0.2) is 0 Å². The molecule has 1 aromatic heterocycles. The Balaban J connectivity index is 3.02. The van der Waals surface area contributed by atoms with Crippen molar-refractivity contribution >= 4 is 0 Å². The summed E-state index contributed by atoms with van der Waals surface area (Å²) >= 11 is 0. The zero-order chi connectivity index (χ0) is 8.27. The number of aromatic hydroxyl groups is 1. The number of aromatic nitrogens is 1. The zero-order valence-corrected chi connectivity index (χ0v) is 6.96. The van der Waals surface area contributed by atoms with Gasteiger partial charge in [-0.25, -0.2) is 0 Å². The highest BCUT2D eigenvalue weighted by Crippen LogP contribution is 2.16. The van der Waals surface area contributed by atoms with Gasteiger partial charge in [0.05, 0.1) is 6.20 Å². The second kappa shape index (κ2) is 3.37. The van der Waals surface area contributed by atoms with Crippen LogP contribution in [0.5, 0.6) is 5.75 Å². The number of pyridine rings is 1. The molecule has 0 aromatic carbocycles. The molecule has 0 bridgehead atoms. The van der Waals surface area contributed by atoms with Crippen LogP contribution in [-0.4, -0.2) is 10.1 Å². The topological polar surface area (TPSA) is 33.1 Å². The van der Waals surface area contributed by atoms with Crippen LogP contribution in [0.2, 0.25) is 0 Å². The number of hydrogen-bond donors (Lipinski definition) is 1. The Labute approximate surface area is 66.9 Å². The monoisotopic (exact) mass is 151 g/mol. The van der Waals surface area contributed by atoms with Crippen molar-refractivity contribution in [2.75, 3.05) is 0 Å². The highest BCUT2D eigenvalue weighted by atomic mass is 16.3. The molecule has 0 saturated heterocycles. The van der Waals surface area contributed by atoms with Gasteiger partial charge in [0.2, 0.25) is 0 Å². The molecule has 0 aliphatic carbocycles. The molecule has 1 N–H and O–H groups in total. The van der Waals surface area contributed by atoms with Crippen molar-refractivity contribution in [3.05, 3.63) is 23.5 Å². The zero-order valence-electron chi connectivity index (χ0n) is 6.96. The van der Waals surface area contributed by atoms with Gasteiger partial charge in [0, 0.05) is 5.69 Å². The molecule has 0 atom stereocenters. The highest BCUT2D eigenvalue weighted by Gasteiger charge is 1.99. The van der Waals surface area contributed by atoms with Crippen molar-refractivity contribution in [1.82, 2.24) is 4.98 Å². The van der Waals surface area contributed by atoms with Crippen LogP contribution in [0.3, 0.4) is 0 Å². The molecular formula is C9H13NO. The Morgan fingerprint density at radius 3 is 2.64 bits per heavy atom. The van der Waals surface area contributed by atoms with Crippen molar-refractivity contribution in [3.63, 3.8) is 0 Å². The third-order valence-electron chi connectivity index (χ3n) is 1.77. The summed E-state index contributed by atoms with van der Waals surface area (Å²) in [6, 6.07) is 1.95. The van der Waals surface area contributed by atoms with E-state index in [0.29, 0.717) is 5.75 Å². The van der Waals surface area contributed by atoms with E-state index in [1.807, 2.05) is 13.0 Å². The van der Waals surface area contributed by atoms with Crippen LogP contribution in [0.25, 0.3) is 0 Å². The van der Waals surface area contributed by atoms with E-state index in [1.54, 1.807) is 0 Å². The van der Waals surface area contributed by atoms with E-state index < -0.39 is 0 Å². The summed E-state index contributed by atoms with van der Waals surface area (Å²) < 4.78 is 0. The lowest BCUT2D eigenvalue weighted by Gasteiger charge is -2.02. The van der Waals surface area contributed by atoms with E-state index >= 15 is 0 Å². The number of nitrogens with zero attached hydrogens (tertiary/aromatic N) is 1. The van der Waals surface area contributed by atoms with E-state index in [-0.39, 0.29) is 0 Å². The maximum atomic E-state index is 9.27. The lowest BCUT2D eigenvalue weighted by atomic mass is 10.1. The SMILES string of the molecule is CCc1cc(CC)c(O)cn1. The molecule has 2 heteroatoms. The minimum absolute atomic E-state index is 0.310. The number of rotatable bonds is 2. The van der Waals surface area contributed by atoms with Crippen LogP contribution in [-0.2, 0) is 12.8 Å². The Hall–Kier alpha value is -1.05. The third-order valence-corrected chi connectivity index (χ3v) is 1.77. The van der Waals surface area contributed by atoms with Gasteiger partial charge in [-0.3, -0.25) is 4.98 Å². The fraction of sp³-hybridized carbons (Fsp3) is 0.444. The lowest BCUT2D eigenvalue weighted by Crippen LogP contribution is -1.90. The predicted octanol–water partition coefficient (Wildman–Crippen LogP) is 1.91. The van der Waals surface area contributed by atoms with Gasteiger partial charge in [-0.15, -0.1) is 0 Å². The Morgan fingerprint density at radius 1 is 1.36 bits per heavy atom. The third kappa shape index (κ3) is 1.70. The van der Waals surface area contributed by atoms with E-state index in [1.165, 1.54) is 6.20 Å². The highest BCUT2D eigenvalue weighted by molar-refractivity contribution is 5.30. The summed E-state index contributed by atoms with van der Waals surface area (Å²) in [5.74, 6) is 0.310. The first-order valence-corrected chi connectivity index (χ1v) is 3.94. The Morgan fingerprint density at radius 2 is 2.09 bits per heavy atom. The first-order chi connectivity index (χ1) is 5.27. The molecule has 0 aliphatic heterocycles. The van der Waals surface area contributed by atoms with Crippen LogP contribution < -0.4 is 0 Å². The van der Waals surface area contributed by atoms with Crippen molar-refractivity contribution in [2.24, 2.45) is 0 Å². The van der Waals surface area contributed by atoms with Crippen molar-refractivity contribution in [1.29, 1.82) is 0 Å². The van der Waals surface area contributed by atoms with Crippen LogP contribution in [0.1, 0.15) is 25.1 Å². The quantitative estimate of drug-likeness (QED) is 0.700. The van der Waals surface area contributed by atoms with Crippen LogP contribution in [0.4, 0.5) is 0 Å². The molecule has 1 rings (SSSR count). The van der Waals surface area contributed by atoms with Gasteiger partial charge >= 0.3 is 0 Å². The van der Waals surface area contributed by atoms with Crippen molar-refractivity contribution in [2.45, 2.75) is 26.7 Å². The summed E-state index contributed by atoms with van der Waals surface area (Å²) in [7, 11) is 0. The maximum Gasteiger partial charge on any atom is 0.137 e. The van der Waals surface area contributed by atoms with Gasteiger partial charge < -0.3 is 5.11 Å². The van der Waals surface area contributed by atoms with E-state index in [9.17, 15) is 5.11 Å². The van der Waals surface area contributed by atoms with E-state index in [0.717, 1.165) is 24.1 Å². The summed E-state index contributed by atoms with van der Waals surface area (Å²) in [6.07, 6.45) is 3.31. The second-order valence-electron chi connectivity index (χ2n) is 2.51. The lowest BCUT2D eigenvalue weighted by molar-refractivity contribution is 0.465. The summed E-state index contributed by atoms with van der Waals surface area (Å²) in [6.45, 7) is 4.08. The van der Waals surface area contributed by atoms with Crippen molar-refractivity contribution in [3.8, 4) is 5.75 Å². The molecule has 1 aromatic rings. The smallest absolute Gasteiger partial charge is 0.137 e. The van der Waals surface area contributed by atoms with Gasteiger partial charge in [-0.05, 0) is 24.5 Å². The van der Waals surface area contributed by atoms with Gasteiger partial charge in [-0.1, -0.05) is 13.8 Å². The van der Waals surface area contributed by atoms with Gasteiger partial charge in [0.25, 0.3) is 0 Å². The minimum atomic E-state index is 0.310. The van der Waals surface area contributed by atoms with E-state index in [2.05, 4.69) is 11.9 Å². The Bertz CT molecular complexity index is 245. The first-order valence-electron chi connectivity index (χ1n) is 3.94. The maximum absolute atomic E-state index is 9.27. The predicted molar refractivity (Wildman–Crippen MR) is 44.7 cm³/mol. The molecule has 0 radical (unpaired) electrons. The van der Waals surface area contributed by atoms with Gasteiger partial charge in [-0.2, -0.15) is 0 Å². The van der Waals surface area contributed by atoms with Crippen LogP contribution >= 0.6 is 0 Å². The summed E-state index contributed by atoms with van der Waals surface area (Å²) in [5, 5.41) is 9.27. The molecule has 0 fully saturated rings. The molecule has 0 spiro atoms. The average molecular weight is 151 g/mol. The fourth-order valence-corrected chi connectivity index (χ4v) is 1.02. The largest absolute Gasteiger partial charge is 0.506 e. The van der Waals surface area contributed by atoms with E-state index in [4.69, 9.17) is 0 Å². The summed E-state index contributed by atoms with van der Waals surface area (Å²) in [4.78, 5) is 4.06. The molecule has 2 nitrogen and oxygen atoms in total. The molecule has 11 heavy (non-hydrogen) atoms. The fourth-order valence-electron chi connectivity index (χ4n) is 1.02. The molecular weight excluding hydrogens is 138 g/mol. The molecule has 0 unspecified atom stereocenters. The van der Waals surface area contributed by atoms with Crippen LogP contribution in [0.15, 0.2) is 12.3 Å². The van der Waals surface area contributed by atoms with Crippen LogP contribution in [0, 0.1) is 0 Å².